The van der Waals surface area contributed by atoms with Gasteiger partial charge in [-0.2, -0.15) is 0 Å². The fraction of sp³-hybridized carbons (Fsp3) is 0.500. The molecule has 2 heteroatoms. The van der Waals surface area contributed by atoms with Crippen LogP contribution in [-0.2, 0) is 4.79 Å². The van der Waals surface area contributed by atoms with E-state index in [0.29, 0.717) is 0 Å². The second-order valence-corrected chi connectivity index (χ2v) is 2.79. The Morgan fingerprint density at radius 1 is 1.83 bits per heavy atom. The molecule has 2 nitrogen and oxygen atoms in total. The van der Waals surface area contributed by atoms with Gasteiger partial charge in [0.2, 0.25) is 0 Å². The lowest BCUT2D eigenvalue weighted by Gasteiger charge is -2.12. The monoisotopic (exact) mass is 163 g/mol. The summed E-state index contributed by atoms with van der Waals surface area (Å²) < 4.78 is 0. The molecular weight excluding hydrogens is 150 g/mol. The van der Waals surface area contributed by atoms with Gasteiger partial charge in [0.1, 0.15) is 5.94 Å². The topological polar surface area (TPSA) is 29.4 Å². The van der Waals surface area contributed by atoms with Crippen LogP contribution in [0.2, 0.25) is 0 Å². The van der Waals surface area contributed by atoms with E-state index in [1.54, 1.807) is 0 Å². The second kappa shape index (κ2) is 4.68. The molecule has 12 heavy (non-hydrogen) atoms. The summed E-state index contributed by atoms with van der Waals surface area (Å²) in [5.74, 6) is 2.15. The highest BCUT2D eigenvalue weighted by Crippen LogP contribution is 2.19. The number of carbonyl (C=O) groups excluding carboxylic acids is 1. The second-order valence-electron chi connectivity index (χ2n) is 2.79. The Labute approximate surface area is 72.7 Å². The Hall–Kier alpha value is -1.14. The first-order valence-corrected chi connectivity index (χ1v) is 4.30. The summed E-state index contributed by atoms with van der Waals surface area (Å²) in [7, 11) is 0. The van der Waals surface area contributed by atoms with Crippen molar-refractivity contribution in [2.45, 2.75) is 19.8 Å². The van der Waals surface area contributed by atoms with Crippen molar-refractivity contribution in [3.8, 4) is 0 Å². The maximum Gasteiger partial charge on any atom is 0.128 e. The van der Waals surface area contributed by atoms with E-state index in [-0.39, 0.29) is 5.92 Å². The Bertz CT molecular complexity index is 247. The normalized spacial score (nSPS) is 23.1. The molecule has 64 valence electrons. The predicted octanol–water partition coefficient (Wildman–Crippen LogP) is 1.80. The molecule has 0 radical (unpaired) electrons. The summed E-state index contributed by atoms with van der Waals surface area (Å²) in [6.45, 7) is 2.77. The van der Waals surface area contributed by atoms with Crippen LogP contribution in [0.15, 0.2) is 22.7 Å². The summed E-state index contributed by atoms with van der Waals surface area (Å²) in [5, 5.41) is 0. The first-order valence-electron chi connectivity index (χ1n) is 4.30. The number of nitrogens with zero attached hydrogens (tertiary/aromatic N) is 1. The van der Waals surface area contributed by atoms with E-state index in [1.165, 1.54) is 0 Å². The SMILES string of the molecule is CCN=CC1CCC=CC1=C=O. The van der Waals surface area contributed by atoms with Gasteiger partial charge in [-0.25, -0.2) is 4.79 Å². The van der Waals surface area contributed by atoms with Crippen molar-refractivity contribution in [3.63, 3.8) is 0 Å². The van der Waals surface area contributed by atoms with Gasteiger partial charge in [-0.15, -0.1) is 0 Å². The van der Waals surface area contributed by atoms with Crippen LogP contribution in [0.25, 0.3) is 0 Å². The molecule has 0 aromatic heterocycles. The highest BCUT2D eigenvalue weighted by atomic mass is 16.1. The van der Waals surface area contributed by atoms with Gasteiger partial charge in [-0.05, 0) is 19.8 Å². The third-order valence-corrected chi connectivity index (χ3v) is 1.93. The van der Waals surface area contributed by atoms with Crippen molar-refractivity contribution in [3.05, 3.63) is 17.7 Å². The Balaban J connectivity index is 2.70. The molecule has 1 unspecified atom stereocenters. The Kier molecular flexibility index (Phi) is 3.49. The quantitative estimate of drug-likeness (QED) is 0.451. The molecule has 0 bridgehead atoms. The zero-order valence-corrected chi connectivity index (χ0v) is 7.29. The number of hydrogen-bond donors (Lipinski definition) is 0. The average Bonchev–Trinajstić information content (AvgIpc) is 2.15. The molecule has 0 aromatic rings. The molecule has 0 aromatic carbocycles. The molecule has 0 heterocycles. The highest BCUT2D eigenvalue weighted by Gasteiger charge is 2.13. The van der Waals surface area contributed by atoms with E-state index in [2.05, 4.69) is 4.99 Å². The fourth-order valence-electron chi connectivity index (χ4n) is 1.26. The number of allylic oxidation sites excluding steroid dienone is 3. The van der Waals surface area contributed by atoms with E-state index in [4.69, 9.17) is 0 Å². The molecule has 0 spiro atoms. The van der Waals surface area contributed by atoms with Crippen molar-refractivity contribution in [1.29, 1.82) is 0 Å². The molecular formula is C10H13NO. The highest BCUT2D eigenvalue weighted by molar-refractivity contribution is 5.74. The Morgan fingerprint density at radius 2 is 2.67 bits per heavy atom. The van der Waals surface area contributed by atoms with E-state index in [9.17, 15) is 4.79 Å². The van der Waals surface area contributed by atoms with Crippen molar-refractivity contribution in [2.24, 2.45) is 10.9 Å². The van der Waals surface area contributed by atoms with Crippen LogP contribution in [0.1, 0.15) is 19.8 Å². The predicted molar refractivity (Wildman–Crippen MR) is 50.1 cm³/mol. The van der Waals surface area contributed by atoms with Crippen LogP contribution < -0.4 is 0 Å². The largest absolute Gasteiger partial charge is 0.297 e. The van der Waals surface area contributed by atoms with Gasteiger partial charge < -0.3 is 0 Å². The fourth-order valence-corrected chi connectivity index (χ4v) is 1.26. The van der Waals surface area contributed by atoms with Gasteiger partial charge in [-0.3, -0.25) is 4.99 Å². The minimum atomic E-state index is 0.201. The van der Waals surface area contributed by atoms with E-state index >= 15 is 0 Å². The lowest BCUT2D eigenvalue weighted by molar-refractivity contribution is 0.564. The van der Waals surface area contributed by atoms with Crippen molar-refractivity contribution < 1.29 is 4.79 Å². The maximum atomic E-state index is 10.5. The summed E-state index contributed by atoms with van der Waals surface area (Å²) in [6, 6.07) is 0. The van der Waals surface area contributed by atoms with Crippen LogP contribution >= 0.6 is 0 Å². The van der Waals surface area contributed by atoms with Gasteiger partial charge in [0.05, 0.1) is 0 Å². The third-order valence-electron chi connectivity index (χ3n) is 1.93. The summed E-state index contributed by atoms with van der Waals surface area (Å²) in [4.78, 5) is 14.6. The zero-order valence-electron chi connectivity index (χ0n) is 7.29. The van der Waals surface area contributed by atoms with Gasteiger partial charge in [0, 0.05) is 24.3 Å². The van der Waals surface area contributed by atoms with Crippen LogP contribution in [0, 0.1) is 5.92 Å². The smallest absolute Gasteiger partial charge is 0.128 e. The van der Waals surface area contributed by atoms with E-state index < -0.39 is 0 Å². The van der Waals surface area contributed by atoms with Gasteiger partial charge in [0.15, 0.2) is 0 Å². The maximum absolute atomic E-state index is 10.5. The minimum Gasteiger partial charge on any atom is -0.297 e. The summed E-state index contributed by atoms with van der Waals surface area (Å²) in [6.07, 6.45) is 7.75. The van der Waals surface area contributed by atoms with Gasteiger partial charge >= 0.3 is 0 Å². The Morgan fingerprint density at radius 3 is 3.33 bits per heavy atom. The number of aliphatic imine (C=N–C) groups is 1. The van der Waals surface area contributed by atoms with Crippen LogP contribution in [0.5, 0.6) is 0 Å². The standard InChI is InChI=1S/C10H13NO/c1-2-11-7-9-5-3-4-6-10(9)8-12/h4,6-7,9H,2-3,5H2,1H3. The lowest BCUT2D eigenvalue weighted by atomic mass is 9.91. The summed E-state index contributed by atoms with van der Waals surface area (Å²) in [5.41, 5.74) is 0.735. The molecule has 0 amide bonds. The zero-order chi connectivity index (χ0) is 8.81. The molecule has 1 aliphatic rings. The lowest BCUT2D eigenvalue weighted by Crippen LogP contribution is -2.08. The van der Waals surface area contributed by atoms with Gasteiger partial charge in [-0.1, -0.05) is 12.2 Å². The van der Waals surface area contributed by atoms with E-state index in [0.717, 1.165) is 25.0 Å². The minimum absolute atomic E-state index is 0.201. The van der Waals surface area contributed by atoms with Gasteiger partial charge in [0.25, 0.3) is 0 Å². The molecule has 1 atom stereocenters. The third kappa shape index (κ3) is 2.18. The molecule has 0 saturated heterocycles. The molecule has 1 aliphatic carbocycles. The van der Waals surface area contributed by atoms with Crippen LogP contribution in [0.4, 0.5) is 0 Å². The van der Waals surface area contributed by atoms with Crippen molar-refractivity contribution in [1.82, 2.24) is 0 Å². The molecule has 0 aliphatic heterocycles. The van der Waals surface area contributed by atoms with Crippen molar-refractivity contribution >= 4 is 12.2 Å². The first kappa shape index (κ1) is 8.95. The first-order chi connectivity index (χ1) is 5.88. The average molecular weight is 163 g/mol. The number of hydrogen-bond acceptors (Lipinski definition) is 2. The molecule has 0 N–H and O–H groups in total. The van der Waals surface area contributed by atoms with Crippen LogP contribution in [-0.4, -0.2) is 18.7 Å². The molecule has 0 fully saturated rings. The van der Waals surface area contributed by atoms with Crippen LogP contribution in [0.3, 0.4) is 0 Å². The molecule has 1 rings (SSSR count). The van der Waals surface area contributed by atoms with E-state index in [1.807, 2.05) is 31.2 Å². The van der Waals surface area contributed by atoms with Crippen molar-refractivity contribution in [2.75, 3.05) is 6.54 Å². The number of rotatable bonds is 2. The summed E-state index contributed by atoms with van der Waals surface area (Å²) >= 11 is 0. The molecule has 0 saturated carbocycles.